The summed E-state index contributed by atoms with van der Waals surface area (Å²) in [5.74, 6) is 0.332. The van der Waals surface area contributed by atoms with Gasteiger partial charge < -0.3 is 10.1 Å². The van der Waals surface area contributed by atoms with Crippen molar-refractivity contribution in [2.24, 2.45) is 5.92 Å². The summed E-state index contributed by atoms with van der Waals surface area (Å²) in [6.07, 6.45) is 4.67. The van der Waals surface area contributed by atoms with E-state index in [2.05, 4.69) is 24.1 Å². The fourth-order valence-electron chi connectivity index (χ4n) is 1.26. The summed E-state index contributed by atoms with van der Waals surface area (Å²) in [7, 11) is 0. The van der Waals surface area contributed by atoms with Gasteiger partial charge in [0.05, 0.1) is 12.6 Å². The normalized spacial score (nSPS) is 12.8. The molecule has 0 saturated carbocycles. The molecule has 5 nitrogen and oxygen atoms in total. The third kappa shape index (κ3) is 3.66. The average molecular weight is 225 g/mol. The molecule has 0 aliphatic carbocycles. The number of aromatic nitrogens is 2. The van der Waals surface area contributed by atoms with Crippen LogP contribution in [-0.4, -0.2) is 34.8 Å². The largest absolute Gasteiger partial charge is 0.380 e. The van der Waals surface area contributed by atoms with E-state index in [4.69, 9.17) is 4.74 Å². The molecule has 0 bridgehead atoms. The van der Waals surface area contributed by atoms with E-state index in [1.807, 2.05) is 6.92 Å². The maximum Gasteiger partial charge on any atom is 0.327 e. The Morgan fingerprint density at radius 2 is 2.31 bits per heavy atom. The van der Waals surface area contributed by atoms with Crippen molar-refractivity contribution in [1.29, 1.82) is 0 Å². The molecule has 1 amide bonds. The van der Waals surface area contributed by atoms with Crippen LogP contribution in [0.4, 0.5) is 4.79 Å². The average Bonchev–Trinajstić information content (AvgIpc) is 2.76. The topological polar surface area (TPSA) is 56.1 Å². The first-order valence-corrected chi connectivity index (χ1v) is 5.51. The molecule has 5 heteroatoms. The Labute approximate surface area is 95.8 Å². The van der Waals surface area contributed by atoms with Gasteiger partial charge in [-0.3, -0.25) is 4.57 Å². The van der Waals surface area contributed by atoms with Crippen LogP contribution >= 0.6 is 0 Å². The Bertz CT molecular complexity index is 309. The number of amides is 1. The molecule has 0 aliphatic heterocycles. The molecule has 16 heavy (non-hydrogen) atoms. The zero-order chi connectivity index (χ0) is 12.0. The lowest BCUT2D eigenvalue weighted by atomic mass is 10.1. The van der Waals surface area contributed by atoms with Gasteiger partial charge in [-0.05, 0) is 12.8 Å². The van der Waals surface area contributed by atoms with Gasteiger partial charge in [0.15, 0.2) is 0 Å². The van der Waals surface area contributed by atoms with Gasteiger partial charge in [-0.25, -0.2) is 9.78 Å². The molecular formula is C11H19N3O2. The lowest BCUT2D eigenvalue weighted by Gasteiger charge is -2.21. The lowest BCUT2D eigenvalue weighted by molar-refractivity contribution is 0.110. The summed E-state index contributed by atoms with van der Waals surface area (Å²) in [5, 5.41) is 2.91. The second-order valence-electron chi connectivity index (χ2n) is 3.93. The summed E-state index contributed by atoms with van der Waals surface area (Å²) in [4.78, 5) is 15.6. The molecule has 0 aliphatic rings. The Kier molecular flexibility index (Phi) is 4.98. The maximum absolute atomic E-state index is 11.7. The second-order valence-corrected chi connectivity index (χ2v) is 3.93. The number of imidazole rings is 1. The summed E-state index contributed by atoms with van der Waals surface area (Å²) in [6.45, 7) is 7.24. The third-order valence-electron chi connectivity index (χ3n) is 2.35. The zero-order valence-electron chi connectivity index (χ0n) is 10.0. The Morgan fingerprint density at radius 3 is 2.81 bits per heavy atom. The number of nitrogens with one attached hydrogen (secondary N) is 1. The minimum Gasteiger partial charge on any atom is -0.380 e. The molecule has 0 saturated heterocycles. The number of nitrogens with zero attached hydrogens (tertiary/aromatic N) is 2. The van der Waals surface area contributed by atoms with Crippen molar-refractivity contribution in [1.82, 2.24) is 14.9 Å². The highest BCUT2D eigenvalue weighted by molar-refractivity contribution is 5.76. The van der Waals surface area contributed by atoms with Crippen LogP contribution in [0.3, 0.4) is 0 Å². The van der Waals surface area contributed by atoms with Gasteiger partial charge in [0.1, 0.15) is 6.33 Å². The number of rotatable bonds is 5. The van der Waals surface area contributed by atoms with Gasteiger partial charge in [-0.1, -0.05) is 13.8 Å². The molecule has 0 fully saturated rings. The van der Waals surface area contributed by atoms with Crippen LogP contribution in [0, 0.1) is 5.92 Å². The smallest absolute Gasteiger partial charge is 0.327 e. The summed E-state index contributed by atoms with van der Waals surface area (Å²) >= 11 is 0. The molecule has 0 radical (unpaired) electrons. The minimum absolute atomic E-state index is 0.0230. The van der Waals surface area contributed by atoms with Crippen molar-refractivity contribution in [2.75, 3.05) is 13.2 Å². The summed E-state index contributed by atoms with van der Waals surface area (Å²) in [5.41, 5.74) is 0. The maximum atomic E-state index is 11.7. The predicted octanol–water partition coefficient (Wildman–Crippen LogP) is 1.50. The minimum atomic E-state index is -0.170. The van der Waals surface area contributed by atoms with Crippen LogP contribution in [0.1, 0.15) is 20.8 Å². The van der Waals surface area contributed by atoms with E-state index in [-0.39, 0.29) is 12.1 Å². The number of carbonyl (C=O) groups is 1. The molecule has 0 spiro atoms. The number of hydrogen-bond donors (Lipinski definition) is 1. The van der Waals surface area contributed by atoms with E-state index in [0.717, 1.165) is 0 Å². The van der Waals surface area contributed by atoms with Gasteiger partial charge in [0.25, 0.3) is 0 Å². The molecular weight excluding hydrogens is 206 g/mol. The van der Waals surface area contributed by atoms with E-state index >= 15 is 0 Å². The summed E-state index contributed by atoms with van der Waals surface area (Å²) in [6, 6.07) is -0.147. The molecule has 90 valence electrons. The molecule has 1 aromatic rings. The first kappa shape index (κ1) is 12.7. The predicted molar refractivity (Wildman–Crippen MR) is 61.3 cm³/mol. The van der Waals surface area contributed by atoms with Gasteiger partial charge in [-0.15, -0.1) is 0 Å². The molecule has 0 aromatic carbocycles. The van der Waals surface area contributed by atoms with E-state index in [1.54, 1.807) is 12.4 Å². The van der Waals surface area contributed by atoms with E-state index < -0.39 is 0 Å². The van der Waals surface area contributed by atoms with Crippen LogP contribution < -0.4 is 5.32 Å². The van der Waals surface area contributed by atoms with E-state index in [1.165, 1.54) is 10.9 Å². The quantitative estimate of drug-likeness (QED) is 0.826. The number of ether oxygens (including phenoxy) is 1. The van der Waals surface area contributed by atoms with Crippen molar-refractivity contribution < 1.29 is 9.53 Å². The molecule has 1 rings (SSSR count). The molecule has 1 N–H and O–H groups in total. The Balaban J connectivity index is 2.51. The highest BCUT2D eigenvalue weighted by Crippen LogP contribution is 2.03. The molecule has 1 heterocycles. The van der Waals surface area contributed by atoms with Gasteiger partial charge in [0.2, 0.25) is 0 Å². The van der Waals surface area contributed by atoms with Crippen molar-refractivity contribution >= 4 is 6.03 Å². The first-order chi connectivity index (χ1) is 7.65. The molecule has 1 atom stereocenters. The van der Waals surface area contributed by atoms with Crippen LogP contribution in [0.15, 0.2) is 18.7 Å². The highest BCUT2D eigenvalue weighted by Gasteiger charge is 2.16. The Morgan fingerprint density at radius 1 is 1.56 bits per heavy atom. The van der Waals surface area contributed by atoms with Crippen LogP contribution in [0.25, 0.3) is 0 Å². The number of hydrogen-bond acceptors (Lipinski definition) is 3. The van der Waals surface area contributed by atoms with Gasteiger partial charge >= 0.3 is 6.03 Å². The monoisotopic (exact) mass is 225 g/mol. The highest BCUT2D eigenvalue weighted by atomic mass is 16.5. The third-order valence-corrected chi connectivity index (χ3v) is 2.35. The fourth-order valence-corrected chi connectivity index (χ4v) is 1.26. The second kappa shape index (κ2) is 6.27. The summed E-state index contributed by atoms with van der Waals surface area (Å²) < 4.78 is 6.75. The van der Waals surface area contributed by atoms with Gasteiger partial charge in [-0.2, -0.15) is 0 Å². The zero-order valence-corrected chi connectivity index (χ0v) is 10.0. The molecule has 1 aromatic heterocycles. The van der Waals surface area contributed by atoms with Crippen molar-refractivity contribution in [3.8, 4) is 0 Å². The fraction of sp³-hybridized carbons (Fsp3) is 0.636. The van der Waals surface area contributed by atoms with Gasteiger partial charge in [0, 0.05) is 19.0 Å². The van der Waals surface area contributed by atoms with Crippen molar-refractivity contribution in [3.05, 3.63) is 18.7 Å². The standard InChI is InChI=1S/C11H19N3O2/c1-4-16-7-10(9(2)3)13-11(15)14-6-5-12-8-14/h5-6,8-10H,4,7H2,1-3H3,(H,13,15). The first-order valence-electron chi connectivity index (χ1n) is 5.51. The molecule has 1 unspecified atom stereocenters. The number of carbonyl (C=O) groups excluding carboxylic acids is 1. The van der Waals surface area contributed by atoms with E-state index in [0.29, 0.717) is 19.1 Å². The lowest BCUT2D eigenvalue weighted by Crippen LogP contribution is -2.43. The van der Waals surface area contributed by atoms with Crippen LogP contribution in [0.5, 0.6) is 0 Å². The van der Waals surface area contributed by atoms with Crippen LogP contribution in [-0.2, 0) is 4.74 Å². The van der Waals surface area contributed by atoms with Crippen molar-refractivity contribution in [3.63, 3.8) is 0 Å². The van der Waals surface area contributed by atoms with Crippen molar-refractivity contribution in [2.45, 2.75) is 26.8 Å². The van der Waals surface area contributed by atoms with Crippen LogP contribution in [0.2, 0.25) is 0 Å². The Hall–Kier alpha value is -1.36. The van der Waals surface area contributed by atoms with E-state index in [9.17, 15) is 4.79 Å². The SMILES string of the molecule is CCOCC(NC(=O)n1ccnc1)C(C)C.